The fraction of sp³-hybridized carbons (Fsp3) is 0.250. The first-order valence-corrected chi connectivity index (χ1v) is 17.9. The van der Waals surface area contributed by atoms with Gasteiger partial charge in [0.2, 0.25) is 11.8 Å². The van der Waals surface area contributed by atoms with Crippen molar-refractivity contribution in [2.24, 2.45) is 23.7 Å². The van der Waals surface area contributed by atoms with Crippen molar-refractivity contribution >= 4 is 59.2 Å². The number of carbonyl (C=O) groups excluding carboxylic acids is 4. The maximum atomic E-state index is 15.4. The predicted molar refractivity (Wildman–Crippen MR) is 199 cm³/mol. The number of fused-ring (bicyclic) bond motifs is 4. The number of hydrazine groups is 1. The van der Waals surface area contributed by atoms with Gasteiger partial charge in [-0.1, -0.05) is 47.5 Å². The van der Waals surface area contributed by atoms with Crippen LogP contribution in [0.5, 0.6) is 17.2 Å². The van der Waals surface area contributed by atoms with Crippen molar-refractivity contribution in [3.63, 3.8) is 0 Å². The molecule has 2 aliphatic carbocycles. The van der Waals surface area contributed by atoms with Gasteiger partial charge < -0.3 is 24.6 Å². The molecule has 0 spiro atoms. The first-order chi connectivity index (χ1) is 26.4. The van der Waals surface area contributed by atoms with Crippen LogP contribution in [0.25, 0.3) is 0 Å². The van der Waals surface area contributed by atoms with Crippen molar-refractivity contribution in [3.05, 3.63) is 119 Å². The average Bonchev–Trinajstić information content (AvgIpc) is 3.56. The lowest BCUT2D eigenvalue weighted by Gasteiger charge is -2.51. The highest BCUT2D eigenvalue weighted by Gasteiger charge is 2.71. The largest absolute Gasteiger partial charge is 0.508 e. The first kappa shape index (κ1) is 36.3. The van der Waals surface area contributed by atoms with Crippen LogP contribution in [0.4, 0.5) is 15.8 Å². The standard InChI is InChI=1S/C40H34BClFN3O9/c1-54-31-17-26(47)18-32(55-2)34(31)35-27-14-15-28-33(38(50)45(36(28)48)25-5-3-4-21(16-25)41(52)53)29(27)19-30-37(49)46(44-24-12-10-23(43)11-13-24)39(51)40(30,35)20-6-8-22(42)9-7-20/h3-14,16-18,28-30,33,35,44,47,52-53H,15,19H2,1-2H3. The predicted octanol–water partition coefficient (Wildman–Crippen LogP) is 4.07. The van der Waals surface area contributed by atoms with E-state index >= 15 is 4.79 Å². The number of amides is 4. The molecule has 4 aromatic carbocycles. The summed E-state index contributed by atoms with van der Waals surface area (Å²) in [6.07, 6.45) is 1.94. The van der Waals surface area contributed by atoms with E-state index in [1.165, 1.54) is 74.9 Å². The Morgan fingerprint density at radius 3 is 2.18 bits per heavy atom. The van der Waals surface area contributed by atoms with Gasteiger partial charge in [0.05, 0.1) is 48.8 Å². The number of hydrogen-bond donors (Lipinski definition) is 4. The molecule has 3 fully saturated rings. The van der Waals surface area contributed by atoms with E-state index in [1.54, 1.807) is 24.3 Å². The number of phenolic OH excluding ortho intramolecular Hbond substituents is 1. The zero-order chi connectivity index (χ0) is 38.9. The molecule has 6 unspecified atom stereocenters. The lowest BCUT2D eigenvalue weighted by molar-refractivity contribution is -0.138. The molecule has 6 atom stereocenters. The molecule has 4 aromatic rings. The van der Waals surface area contributed by atoms with Gasteiger partial charge in [-0.05, 0) is 78.3 Å². The van der Waals surface area contributed by atoms with E-state index in [0.717, 1.165) is 9.91 Å². The Kier molecular flexibility index (Phi) is 8.94. The third kappa shape index (κ3) is 5.49. The second-order valence-corrected chi connectivity index (χ2v) is 14.6. The van der Waals surface area contributed by atoms with E-state index in [2.05, 4.69) is 5.43 Å². The van der Waals surface area contributed by atoms with Gasteiger partial charge in [-0.15, -0.1) is 0 Å². The monoisotopic (exact) mass is 765 g/mol. The summed E-state index contributed by atoms with van der Waals surface area (Å²) in [4.78, 5) is 60.2. The van der Waals surface area contributed by atoms with E-state index in [1.807, 2.05) is 6.08 Å². The van der Waals surface area contributed by atoms with Gasteiger partial charge in [0.1, 0.15) is 23.1 Å². The molecule has 55 heavy (non-hydrogen) atoms. The Labute approximate surface area is 319 Å². The topological polar surface area (TPSA) is 166 Å². The summed E-state index contributed by atoms with van der Waals surface area (Å²) >= 11 is 6.38. The summed E-state index contributed by atoms with van der Waals surface area (Å²) in [7, 11) is 0.957. The van der Waals surface area contributed by atoms with Crippen LogP contribution in [0, 0.1) is 29.5 Å². The number of nitrogens with zero attached hydrogens (tertiary/aromatic N) is 2. The summed E-state index contributed by atoms with van der Waals surface area (Å²) in [5.74, 6) is -7.43. The molecular formula is C40H34BClFN3O9. The van der Waals surface area contributed by atoms with Crippen molar-refractivity contribution in [3.8, 4) is 17.2 Å². The summed E-state index contributed by atoms with van der Waals surface area (Å²) in [5.41, 5.74) is 3.07. The number of nitrogens with one attached hydrogen (secondary N) is 1. The molecule has 280 valence electrons. The number of anilines is 2. The first-order valence-electron chi connectivity index (χ1n) is 17.6. The van der Waals surface area contributed by atoms with Crippen LogP contribution in [-0.2, 0) is 24.6 Å². The SMILES string of the molecule is COc1cc(O)cc(OC)c1C1C2=CCC3C(=O)N(c4cccc(B(O)O)c4)C(=O)C3C2CC2C(=O)N(Nc3ccc(F)cc3)C(=O)C21c1ccc(Cl)cc1. The molecule has 2 aliphatic heterocycles. The van der Waals surface area contributed by atoms with Crippen LogP contribution in [-0.4, -0.2) is 65.1 Å². The van der Waals surface area contributed by atoms with Gasteiger partial charge >= 0.3 is 7.12 Å². The normalized spacial score (nSPS) is 25.6. The maximum absolute atomic E-state index is 15.4. The van der Waals surface area contributed by atoms with Crippen molar-refractivity contribution in [1.29, 1.82) is 0 Å². The van der Waals surface area contributed by atoms with Crippen molar-refractivity contribution < 1.29 is 48.2 Å². The molecule has 4 amide bonds. The minimum atomic E-state index is -1.84. The Hall–Kier alpha value is -5.70. The van der Waals surface area contributed by atoms with Crippen LogP contribution < -0.4 is 25.3 Å². The highest BCUT2D eigenvalue weighted by Crippen LogP contribution is 2.66. The number of halogens is 2. The van der Waals surface area contributed by atoms with Crippen LogP contribution >= 0.6 is 11.6 Å². The molecule has 15 heteroatoms. The number of ether oxygens (including phenoxy) is 2. The highest BCUT2D eigenvalue weighted by atomic mass is 35.5. The molecule has 0 radical (unpaired) electrons. The Bertz CT molecular complexity index is 2260. The molecule has 4 N–H and O–H groups in total. The van der Waals surface area contributed by atoms with Crippen LogP contribution in [0.1, 0.15) is 29.9 Å². The van der Waals surface area contributed by atoms with Crippen molar-refractivity contribution in [2.75, 3.05) is 24.5 Å². The molecule has 2 heterocycles. The summed E-state index contributed by atoms with van der Waals surface area (Å²) in [6.45, 7) is 0. The third-order valence-corrected chi connectivity index (χ3v) is 11.8. The van der Waals surface area contributed by atoms with E-state index in [4.69, 9.17) is 21.1 Å². The molecule has 4 aliphatic rings. The smallest absolute Gasteiger partial charge is 0.488 e. The van der Waals surface area contributed by atoms with E-state index in [9.17, 15) is 33.9 Å². The number of phenols is 1. The molecule has 12 nitrogen and oxygen atoms in total. The number of carbonyl (C=O) groups is 4. The highest BCUT2D eigenvalue weighted by molar-refractivity contribution is 6.58. The second kappa shape index (κ2) is 13.6. The number of imide groups is 2. The molecule has 8 rings (SSSR count). The summed E-state index contributed by atoms with van der Waals surface area (Å²) in [5, 5.41) is 31.7. The minimum absolute atomic E-state index is 0.0245. The number of rotatable bonds is 8. The number of hydrogen-bond acceptors (Lipinski definition) is 10. The van der Waals surface area contributed by atoms with Gasteiger partial charge in [-0.25, -0.2) is 4.39 Å². The van der Waals surface area contributed by atoms with Crippen molar-refractivity contribution in [1.82, 2.24) is 5.01 Å². The Morgan fingerprint density at radius 2 is 1.55 bits per heavy atom. The number of allylic oxidation sites excluding steroid dienone is 2. The number of benzene rings is 4. The average molecular weight is 766 g/mol. The fourth-order valence-electron chi connectivity index (χ4n) is 9.26. The van der Waals surface area contributed by atoms with E-state index < -0.39 is 71.6 Å². The lowest BCUT2D eigenvalue weighted by Crippen LogP contribution is -2.53. The van der Waals surface area contributed by atoms with E-state index in [-0.39, 0.29) is 46.9 Å². The molecule has 0 bridgehead atoms. The van der Waals surface area contributed by atoms with Crippen LogP contribution in [0.2, 0.25) is 5.02 Å². The molecular weight excluding hydrogens is 732 g/mol. The maximum Gasteiger partial charge on any atom is 0.488 e. The second-order valence-electron chi connectivity index (χ2n) is 14.1. The minimum Gasteiger partial charge on any atom is -0.508 e. The van der Waals surface area contributed by atoms with Gasteiger partial charge in [-0.2, -0.15) is 5.01 Å². The number of methoxy groups -OCH3 is 2. The van der Waals surface area contributed by atoms with Crippen LogP contribution in [0.15, 0.2) is 96.6 Å². The molecule has 1 saturated carbocycles. The van der Waals surface area contributed by atoms with Gasteiger partial charge in [0, 0.05) is 28.6 Å². The van der Waals surface area contributed by atoms with E-state index in [0.29, 0.717) is 21.7 Å². The van der Waals surface area contributed by atoms with Gasteiger partial charge in [0.25, 0.3) is 11.8 Å². The molecule has 0 aromatic heterocycles. The Balaban J connectivity index is 1.36. The quantitative estimate of drug-likeness (QED) is 0.117. The fourth-order valence-corrected chi connectivity index (χ4v) is 9.38. The van der Waals surface area contributed by atoms with Crippen LogP contribution in [0.3, 0.4) is 0 Å². The zero-order valence-corrected chi connectivity index (χ0v) is 30.2. The number of aromatic hydroxyl groups is 1. The summed E-state index contributed by atoms with van der Waals surface area (Å²) in [6, 6.07) is 20.4. The van der Waals surface area contributed by atoms with Gasteiger partial charge in [0.15, 0.2) is 0 Å². The van der Waals surface area contributed by atoms with Crippen molar-refractivity contribution in [2.45, 2.75) is 24.2 Å². The molecule has 2 saturated heterocycles. The Morgan fingerprint density at radius 1 is 0.873 bits per heavy atom. The summed E-state index contributed by atoms with van der Waals surface area (Å²) < 4.78 is 25.6. The zero-order valence-electron chi connectivity index (χ0n) is 29.5. The third-order valence-electron chi connectivity index (χ3n) is 11.5. The lowest BCUT2D eigenvalue weighted by atomic mass is 9.49. The van der Waals surface area contributed by atoms with Gasteiger partial charge in [-0.3, -0.25) is 29.5 Å².